The molecular weight excluding hydrogens is 273 g/mol. The molecule has 0 aliphatic carbocycles. The zero-order chi connectivity index (χ0) is 15.6. The van der Waals surface area contributed by atoms with Crippen LogP contribution in [-0.2, 0) is 6.54 Å². The van der Waals surface area contributed by atoms with Gasteiger partial charge in [-0.25, -0.2) is 9.07 Å². The zero-order valence-electron chi connectivity index (χ0n) is 11.7. The number of rotatable bonds is 3. The second kappa shape index (κ2) is 5.85. The minimum Gasteiger partial charge on any atom is -0.386 e. The Bertz CT molecular complexity index is 777. The van der Waals surface area contributed by atoms with Crippen LogP contribution in [0.1, 0.15) is 28.5 Å². The second-order valence-corrected chi connectivity index (χ2v) is 4.72. The Kier molecular flexibility index (Phi) is 4.15. The highest BCUT2D eigenvalue weighted by Gasteiger charge is 2.17. The molecule has 1 aromatic heterocycles. The standard InChI is InChI=1S/C15H14FN3O2/c1-9-10(2)18-19(15(21)12(9)7-17)8-14(20)11-5-3-4-6-13(11)16/h3-6,14,20H,8H2,1-2H3/t14-/m1/s1. The lowest BCUT2D eigenvalue weighted by atomic mass is 10.1. The van der Waals surface area contributed by atoms with E-state index in [9.17, 15) is 14.3 Å². The minimum absolute atomic E-state index is 0.0109. The van der Waals surface area contributed by atoms with Crippen LogP contribution in [0.4, 0.5) is 4.39 Å². The fourth-order valence-corrected chi connectivity index (χ4v) is 2.03. The molecule has 0 spiro atoms. The van der Waals surface area contributed by atoms with Crippen molar-refractivity contribution < 1.29 is 9.50 Å². The van der Waals surface area contributed by atoms with E-state index < -0.39 is 17.5 Å². The first kappa shape index (κ1) is 14.9. The molecule has 0 saturated carbocycles. The number of aliphatic hydroxyl groups is 1. The summed E-state index contributed by atoms with van der Waals surface area (Å²) in [5.41, 5.74) is 0.521. The van der Waals surface area contributed by atoms with Gasteiger partial charge in [-0.15, -0.1) is 0 Å². The van der Waals surface area contributed by atoms with Gasteiger partial charge in [0.15, 0.2) is 0 Å². The van der Waals surface area contributed by atoms with Gasteiger partial charge in [0.1, 0.15) is 23.6 Å². The van der Waals surface area contributed by atoms with Crippen LogP contribution in [0.5, 0.6) is 0 Å². The number of nitrogens with zero attached hydrogens (tertiary/aromatic N) is 3. The van der Waals surface area contributed by atoms with E-state index in [4.69, 9.17) is 5.26 Å². The molecule has 0 amide bonds. The summed E-state index contributed by atoms with van der Waals surface area (Å²) in [4.78, 5) is 12.1. The molecule has 1 aromatic carbocycles. The summed E-state index contributed by atoms with van der Waals surface area (Å²) in [6, 6.07) is 7.62. The number of aliphatic hydroxyl groups excluding tert-OH is 1. The molecule has 1 atom stereocenters. The number of hydrogen-bond donors (Lipinski definition) is 1. The predicted molar refractivity (Wildman–Crippen MR) is 74.0 cm³/mol. The third-order valence-corrected chi connectivity index (χ3v) is 3.36. The number of hydrogen-bond acceptors (Lipinski definition) is 4. The van der Waals surface area contributed by atoms with Gasteiger partial charge in [0.25, 0.3) is 5.56 Å². The molecule has 0 fully saturated rings. The van der Waals surface area contributed by atoms with E-state index in [1.165, 1.54) is 18.2 Å². The Hall–Kier alpha value is -2.52. The van der Waals surface area contributed by atoms with Crippen LogP contribution < -0.4 is 5.56 Å². The summed E-state index contributed by atoms with van der Waals surface area (Å²) in [6.07, 6.45) is -1.22. The smallest absolute Gasteiger partial charge is 0.285 e. The van der Waals surface area contributed by atoms with Crippen molar-refractivity contribution >= 4 is 0 Å². The van der Waals surface area contributed by atoms with Crippen LogP contribution in [0.3, 0.4) is 0 Å². The van der Waals surface area contributed by atoms with Gasteiger partial charge in [-0.1, -0.05) is 18.2 Å². The van der Waals surface area contributed by atoms with Gasteiger partial charge < -0.3 is 5.11 Å². The summed E-state index contributed by atoms with van der Waals surface area (Å²) in [7, 11) is 0. The number of aryl methyl sites for hydroxylation is 1. The van der Waals surface area contributed by atoms with Crippen molar-refractivity contribution in [2.45, 2.75) is 26.5 Å². The Morgan fingerprint density at radius 2 is 2.10 bits per heavy atom. The third kappa shape index (κ3) is 2.83. The van der Waals surface area contributed by atoms with Crippen LogP contribution in [0.2, 0.25) is 0 Å². The molecule has 2 rings (SSSR count). The van der Waals surface area contributed by atoms with E-state index in [1.807, 2.05) is 6.07 Å². The second-order valence-electron chi connectivity index (χ2n) is 4.72. The molecule has 21 heavy (non-hydrogen) atoms. The monoisotopic (exact) mass is 287 g/mol. The SMILES string of the molecule is Cc1nn(C[C@@H](O)c2ccccc2F)c(=O)c(C#N)c1C. The van der Waals surface area contributed by atoms with E-state index in [-0.39, 0.29) is 17.7 Å². The first-order valence-corrected chi connectivity index (χ1v) is 6.36. The summed E-state index contributed by atoms with van der Waals surface area (Å²) in [6.45, 7) is 3.09. The van der Waals surface area contributed by atoms with Crippen molar-refractivity contribution in [2.75, 3.05) is 0 Å². The Balaban J connectivity index is 2.42. The number of halogens is 1. The maximum absolute atomic E-state index is 13.6. The van der Waals surface area contributed by atoms with Crippen molar-refractivity contribution in [2.24, 2.45) is 0 Å². The molecule has 1 heterocycles. The number of aromatic nitrogens is 2. The fourth-order valence-electron chi connectivity index (χ4n) is 2.03. The van der Waals surface area contributed by atoms with Crippen LogP contribution in [0.25, 0.3) is 0 Å². The highest BCUT2D eigenvalue weighted by atomic mass is 19.1. The Morgan fingerprint density at radius 1 is 1.43 bits per heavy atom. The topological polar surface area (TPSA) is 78.9 Å². The number of benzene rings is 1. The molecule has 108 valence electrons. The van der Waals surface area contributed by atoms with Crippen molar-refractivity contribution in [1.82, 2.24) is 9.78 Å². The van der Waals surface area contributed by atoms with Gasteiger partial charge in [0.05, 0.1) is 12.2 Å². The Morgan fingerprint density at radius 3 is 2.71 bits per heavy atom. The van der Waals surface area contributed by atoms with Crippen molar-refractivity contribution in [3.8, 4) is 6.07 Å². The first-order chi connectivity index (χ1) is 9.95. The molecule has 5 nitrogen and oxygen atoms in total. The summed E-state index contributed by atoms with van der Waals surface area (Å²) in [5.74, 6) is -0.553. The first-order valence-electron chi connectivity index (χ1n) is 6.36. The molecule has 0 saturated heterocycles. The maximum Gasteiger partial charge on any atom is 0.285 e. The van der Waals surface area contributed by atoms with E-state index in [1.54, 1.807) is 19.9 Å². The molecule has 0 aliphatic heterocycles. The molecular formula is C15H14FN3O2. The molecule has 0 aliphatic rings. The van der Waals surface area contributed by atoms with Crippen molar-refractivity contribution in [3.63, 3.8) is 0 Å². The van der Waals surface area contributed by atoms with Gasteiger partial charge in [-0.3, -0.25) is 4.79 Å². The highest BCUT2D eigenvalue weighted by molar-refractivity contribution is 5.36. The van der Waals surface area contributed by atoms with Crippen molar-refractivity contribution in [3.05, 3.63) is 62.8 Å². The lowest BCUT2D eigenvalue weighted by Gasteiger charge is -2.14. The largest absolute Gasteiger partial charge is 0.386 e. The molecule has 1 N–H and O–H groups in total. The van der Waals surface area contributed by atoms with E-state index in [2.05, 4.69) is 5.10 Å². The summed E-state index contributed by atoms with van der Waals surface area (Å²) in [5, 5.41) is 23.2. The third-order valence-electron chi connectivity index (χ3n) is 3.36. The summed E-state index contributed by atoms with van der Waals surface area (Å²) < 4.78 is 14.6. The Labute approximate surface area is 120 Å². The molecule has 0 radical (unpaired) electrons. The highest BCUT2D eigenvalue weighted by Crippen LogP contribution is 2.18. The van der Waals surface area contributed by atoms with Gasteiger partial charge in [0, 0.05) is 5.56 Å². The maximum atomic E-state index is 13.6. The molecule has 2 aromatic rings. The predicted octanol–water partition coefficient (Wildman–Crippen LogP) is 1.60. The van der Waals surface area contributed by atoms with Gasteiger partial charge in [-0.05, 0) is 25.5 Å². The van der Waals surface area contributed by atoms with E-state index >= 15 is 0 Å². The molecule has 0 bridgehead atoms. The van der Waals surface area contributed by atoms with Crippen molar-refractivity contribution in [1.29, 1.82) is 5.26 Å². The van der Waals surface area contributed by atoms with E-state index in [0.29, 0.717) is 11.3 Å². The van der Waals surface area contributed by atoms with Gasteiger partial charge in [-0.2, -0.15) is 10.4 Å². The van der Waals surface area contributed by atoms with Crippen LogP contribution in [0, 0.1) is 31.0 Å². The van der Waals surface area contributed by atoms with E-state index in [0.717, 1.165) is 4.68 Å². The quantitative estimate of drug-likeness (QED) is 0.930. The lowest BCUT2D eigenvalue weighted by Crippen LogP contribution is -2.29. The normalized spacial score (nSPS) is 12.0. The van der Waals surface area contributed by atoms with Gasteiger partial charge in [0.2, 0.25) is 0 Å². The lowest BCUT2D eigenvalue weighted by molar-refractivity contribution is 0.144. The minimum atomic E-state index is -1.22. The average molecular weight is 287 g/mol. The fraction of sp³-hybridized carbons (Fsp3) is 0.267. The number of nitriles is 1. The van der Waals surface area contributed by atoms with Crippen LogP contribution in [0.15, 0.2) is 29.1 Å². The van der Waals surface area contributed by atoms with Gasteiger partial charge >= 0.3 is 0 Å². The summed E-state index contributed by atoms with van der Waals surface area (Å²) >= 11 is 0. The molecule has 6 heteroatoms. The average Bonchev–Trinajstić information content (AvgIpc) is 2.45. The molecule has 0 unspecified atom stereocenters. The zero-order valence-corrected chi connectivity index (χ0v) is 11.7. The van der Waals surface area contributed by atoms with Crippen LogP contribution >= 0.6 is 0 Å². The van der Waals surface area contributed by atoms with Crippen LogP contribution in [-0.4, -0.2) is 14.9 Å².